The topological polar surface area (TPSA) is 45.5 Å². The Morgan fingerprint density at radius 2 is 2.17 bits per heavy atom. The van der Waals surface area contributed by atoms with Crippen LogP contribution in [0.2, 0.25) is 0 Å². The van der Waals surface area contributed by atoms with Crippen molar-refractivity contribution < 1.29 is 9.90 Å². The van der Waals surface area contributed by atoms with Crippen molar-refractivity contribution in [1.29, 1.82) is 0 Å². The molecule has 0 aromatic carbocycles. The molecule has 0 radical (unpaired) electrons. The molecule has 4 nitrogen and oxygen atoms in total. The number of aliphatic hydroxyl groups is 1. The molecule has 1 aromatic rings. The highest BCUT2D eigenvalue weighted by Gasteiger charge is 2.20. The van der Waals surface area contributed by atoms with Crippen molar-refractivity contribution in [1.82, 2.24) is 9.47 Å². The molecule has 0 bridgehead atoms. The van der Waals surface area contributed by atoms with Gasteiger partial charge in [0.1, 0.15) is 6.54 Å². The van der Waals surface area contributed by atoms with Gasteiger partial charge in [0.05, 0.1) is 6.10 Å². The van der Waals surface area contributed by atoms with Crippen molar-refractivity contribution in [2.75, 3.05) is 13.1 Å². The van der Waals surface area contributed by atoms with E-state index in [9.17, 15) is 9.90 Å². The van der Waals surface area contributed by atoms with Gasteiger partial charge in [-0.1, -0.05) is 0 Å². The number of carbonyl (C=O) groups excluding carboxylic acids is 1. The predicted octanol–water partition coefficient (Wildman–Crippen LogP) is 1.73. The molecular weight excluding hydrogens is 228 g/mol. The summed E-state index contributed by atoms with van der Waals surface area (Å²) in [6, 6.07) is 0. The van der Waals surface area contributed by atoms with Gasteiger partial charge in [-0.25, -0.2) is 0 Å². The number of rotatable bonds is 4. The molecule has 0 fully saturated rings. The van der Waals surface area contributed by atoms with Gasteiger partial charge in [-0.2, -0.15) is 0 Å². The maximum absolute atomic E-state index is 12.0. The molecule has 1 N–H and O–H groups in total. The van der Waals surface area contributed by atoms with E-state index in [-0.39, 0.29) is 12.0 Å². The van der Waals surface area contributed by atoms with Crippen LogP contribution in [0.5, 0.6) is 0 Å². The van der Waals surface area contributed by atoms with Crippen LogP contribution in [0.1, 0.15) is 43.9 Å². The van der Waals surface area contributed by atoms with E-state index in [1.54, 1.807) is 0 Å². The molecule has 0 saturated heterocycles. The molecule has 1 amide bonds. The van der Waals surface area contributed by atoms with Crippen LogP contribution in [0.25, 0.3) is 0 Å². The van der Waals surface area contributed by atoms with Gasteiger partial charge >= 0.3 is 0 Å². The third-order valence-corrected chi connectivity index (χ3v) is 3.71. The van der Waals surface area contributed by atoms with Crippen LogP contribution >= 0.6 is 0 Å². The lowest BCUT2D eigenvalue weighted by atomic mass is 9.93. The van der Waals surface area contributed by atoms with Crippen LogP contribution in [-0.2, 0) is 17.8 Å². The van der Waals surface area contributed by atoms with E-state index in [0.717, 1.165) is 37.9 Å². The smallest absolute Gasteiger partial charge is 0.242 e. The van der Waals surface area contributed by atoms with Gasteiger partial charge in [-0.05, 0) is 38.7 Å². The van der Waals surface area contributed by atoms with Crippen molar-refractivity contribution in [3.05, 3.63) is 23.5 Å². The second kappa shape index (κ2) is 5.57. The molecule has 0 saturated carbocycles. The molecular formula is C14H22N2O2. The lowest BCUT2D eigenvalue weighted by Crippen LogP contribution is -2.33. The summed E-state index contributed by atoms with van der Waals surface area (Å²) in [5.74, 6) is 0.141. The monoisotopic (exact) mass is 250 g/mol. The van der Waals surface area contributed by atoms with Gasteiger partial charge in [0.25, 0.3) is 0 Å². The number of amides is 1. The van der Waals surface area contributed by atoms with E-state index in [0.29, 0.717) is 6.54 Å². The lowest BCUT2D eigenvalue weighted by molar-refractivity contribution is -0.131. The number of carbonyl (C=O) groups is 1. The minimum Gasteiger partial charge on any atom is -0.388 e. The zero-order valence-electron chi connectivity index (χ0n) is 11.2. The van der Waals surface area contributed by atoms with Gasteiger partial charge in [0, 0.05) is 31.0 Å². The number of fused-ring (bicyclic) bond motifs is 1. The summed E-state index contributed by atoms with van der Waals surface area (Å²) < 4.78 is 1.92. The van der Waals surface area contributed by atoms with Gasteiger partial charge in [0.2, 0.25) is 5.91 Å². The summed E-state index contributed by atoms with van der Waals surface area (Å²) in [6.07, 6.45) is 6.47. The average Bonchev–Trinajstić information content (AvgIpc) is 2.74. The van der Waals surface area contributed by atoms with Gasteiger partial charge in [0.15, 0.2) is 0 Å². The first-order chi connectivity index (χ1) is 8.65. The van der Waals surface area contributed by atoms with Crippen molar-refractivity contribution in [3.8, 4) is 0 Å². The minimum atomic E-state index is -0.349. The summed E-state index contributed by atoms with van der Waals surface area (Å²) in [7, 11) is 0. The number of likely N-dealkylation sites (N-methyl/N-ethyl adjacent to an activating group) is 1. The first-order valence-corrected chi connectivity index (χ1v) is 6.80. The van der Waals surface area contributed by atoms with E-state index in [2.05, 4.69) is 0 Å². The van der Waals surface area contributed by atoms with E-state index in [1.165, 1.54) is 5.56 Å². The zero-order chi connectivity index (χ0) is 13.1. The molecule has 4 heteroatoms. The lowest BCUT2D eigenvalue weighted by Gasteiger charge is -2.18. The maximum atomic E-state index is 12.0. The van der Waals surface area contributed by atoms with Crippen molar-refractivity contribution in [2.24, 2.45) is 0 Å². The maximum Gasteiger partial charge on any atom is 0.242 e. The summed E-state index contributed by atoms with van der Waals surface area (Å²) >= 11 is 0. The van der Waals surface area contributed by atoms with Crippen LogP contribution in [0, 0.1) is 0 Å². The molecule has 1 aliphatic rings. The quantitative estimate of drug-likeness (QED) is 0.884. The Morgan fingerprint density at radius 1 is 1.44 bits per heavy atom. The van der Waals surface area contributed by atoms with E-state index in [1.807, 2.05) is 35.7 Å². The average molecular weight is 250 g/mol. The summed E-state index contributed by atoms with van der Waals surface area (Å²) in [5, 5.41) is 9.90. The highest BCUT2D eigenvalue weighted by atomic mass is 16.3. The molecule has 1 atom stereocenters. The SMILES string of the molecule is CCN(CC)C(=O)Cn1cc2c(c1)C(O)CCC2. The van der Waals surface area contributed by atoms with E-state index < -0.39 is 0 Å². The summed E-state index contributed by atoms with van der Waals surface area (Å²) in [4.78, 5) is 13.8. The number of hydrogen-bond donors (Lipinski definition) is 1. The minimum absolute atomic E-state index is 0.141. The zero-order valence-corrected chi connectivity index (χ0v) is 11.2. The van der Waals surface area contributed by atoms with Crippen LogP contribution in [0.4, 0.5) is 0 Å². The first-order valence-electron chi connectivity index (χ1n) is 6.80. The van der Waals surface area contributed by atoms with Crippen LogP contribution in [0.3, 0.4) is 0 Å². The summed E-state index contributed by atoms with van der Waals surface area (Å²) in [5.41, 5.74) is 2.20. The molecule has 100 valence electrons. The Morgan fingerprint density at radius 3 is 2.78 bits per heavy atom. The van der Waals surface area contributed by atoms with Crippen molar-refractivity contribution in [3.63, 3.8) is 0 Å². The van der Waals surface area contributed by atoms with Crippen molar-refractivity contribution in [2.45, 2.75) is 45.8 Å². The van der Waals surface area contributed by atoms with Crippen molar-refractivity contribution >= 4 is 5.91 Å². The second-order valence-electron chi connectivity index (χ2n) is 4.89. The largest absolute Gasteiger partial charge is 0.388 e. The highest BCUT2D eigenvalue weighted by molar-refractivity contribution is 5.76. The summed E-state index contributed by atoms with van der Waals surface area (Å²) in [6.45, 7) is 5.86. The Labute approximate surface area is 108 Å². The molecule has 1 heterocycles. The molecule has 1 aromatic heterocycles. The fourth-order valence-electron chi connectivity index (χ4n) is 2.65. The molecule has 18 heavy (non-hydrogen) atoms. The van der Waals surface area contributed by atoms with Crippen LogP contribution in [0.15, 0.2) is 12.4 Å². The number of aromatic nitrogens is 1. The van der Waals surface area contributed by atoms with E-state index in [4.69, 9.17) is 0 Å². The Hall–Kier alpha value is -1.29. The number of hydrogen-bond acceptors (Lipinski definition) is 2. The normalized spacial score (nSPS) is 18.5. The Bertz CT molecular complexity index is 421. The van der Waals surface area contributed by atoms with Gasteiger partial charge in [-0.3, -0.25) is 4.79 Å². The Balaban J connectivity index is 2.09. The van der Waals surface area contributed by atoms with Gasteiger partial charge in [-0.15, -0.1) is 0 Å². The molecule has 0 aliphatic heterocycles. The van der Waals surface area contributed by atoms with Gasteiger partial charge < -0.3 is 14.6 Å². The second-order valence-corrected chi connectivity index (χ2v) is 4.89. The predicted molar refractivity (Wildman–Crippen MR) is 70.3 cm³/mol. The number of aryl methyl sites for hydroxylation is 1. The number of aliphatic hydroxyl groups excluding tert-OH is 1. The standard InChI is InChI=1S/C14H22N2O2/c1-3-16(4-2)14(18)10-15-8-11-6-5-7-13(17)12(11)9-15/h8-9,13,17H,3-7,10H2,1-2H3. The number of nitrogens with zero attached hydrogens (tertiary/aromatic N) is 2. The molecule has 0 spiro atoms. The third-order valence-electron chi connectivity index (χ3n) is 3.71. The third kappa shape index (κ3) is 2.58. The fourth-order valence-corrected chi connectivity index (χ4v) is 2.65. The van der Waals surface area contributed by atoms with E-state index >= 15 is 0 Å². The van der Waals surface area contributed by atoms with Crippen LogP contribution < -0.4 is 0 Å². The Kier molecular flexibility index (Phi) is 4.07. The molecule has 1 aliphatic carbocycles. The van der Waals surface area contributed by atoms with Crippen LogP contribution in [-0.4, -0.2) is 33.6 Å². The molecule has 1 unspecified atom stereocenters. The first kappa shape index (κ1) is 13.1. The molecule has 2 rings (SSSR count). The fraction of sp³-hybridized carbons (Fsp3) is 0.643. The highest BCUT2D eigenvalue weighted by Crippen LogP contribution is 2.30.